The predicted octanol–water partition coefficient (Wildman–Crippen LogP) is 1.83. The van der Waals surface area contributed by atoms with Crippen LogP contribution in [0.1, 0.15) is 11.6 Å². The molecule has 1 aromatic heterocycles. The second-order valence-corrected chi connectivity index (χ2v) is 6.27. The number of fused-ring (bicyclic) bond motifs is 1. The first-order chi connectivity index (χ1) is 10.6. The Bertz CT molecular complexity index is 707. The zero-order valence-electron chi connectivity index (χ0n) is 11.8. The van der Waals surface area contributed by atoms with Crippen LogP contribution in [0.2, 0.25) is 0 Å². The van der Waals surface area contributed by atoms with Crippen LogP contribution in [0.25, 0.3) is 10.9 Å². The Balaban J connectivity index is 1.93. The average Bonchev–Trinajstić information content (AvgIpc) is 2.90. The molecule has 1 saturated heterocycles. The van der Waals surface area contributed by atoms with Gasteiger partial charge in [0, 0.05) is 53.3 Å². The maximum absolute atomic E-state index is 11.8. The van der Waals surface area contributed by atoms with Gasteiger partial charge in [-0.3, -0.25) is 14.5 Å². The van der Waals surface area contributed by atoms with E-state index >= 15 is 0 Å². The van der Waals surface area contributed by atoms with Crippen LogP contribution >= 0.6 is 15.9 Å². The van der Waals surface area contributed by atoms with Crippen LogP contribution in [0.5, 0.6) is 0 Å². The van der Waals surface area contributed by atoms with Crippen molar-refractivity contribution in [3.63, 3.8) is 0 Å². The predicted molar refractivity (Wildman–Crippen MR) is 85.6 cm³/mol. The molecule has 3 rings (SSSR count). The molecular formula is C15H16BrN3O3. The van der Waals surface area contributed by atoms with Gasteiger partial charge < -0.3 is 15.0 Å². The van der Waals surface area contributed by atoms with Crippen LogP contribution in [0.4, 0.5) is 0 Å². The molecule has 1 aromatic carbocycles. The lowest BCUT2D eigenvalue weighted by Gasteiger charge is -2.36. The van der Waals surface area contributed by atoms with E-state index in [2.05, 4.69) is 20.9 Å². The Morgan fingerprint density at radius 2 is 2.05 bits per heavy atom. The third kappa shape index (κ3) is 2.74. The van der Waals surface area contributed by atoms with Gasteiger partial charge in [-0.15, -0.1) is 0 Å². The van der Waals surface area contributed by atoms with Gasteiger partial charge in [-0.25, -0.2) is 0 Å². The van der Waals surface area contributed by atoms with Gasteiger partial charge in [0.1, 0.15) is 6.04 Å². The van der Waals surface area contributed by atoms with Crippen LogP contribution in [-0.4, -0.2) is 58.4 Å². The van der Waals surface area contributed by atoms with Crippen molar-refractivity contribution in [2.75, 3.05) is 26.2 Å². The smallest absolute Gasteiger partial charge is 0.325 e. The number of carboxylic acids is 1. The van der Waals surface area contributed by atoms with Crippen LogP contribution in [0.3, 0.4) is 0 Å². The van der Waals surface area contributed by atoms with E-state index in [1.807, 2.05) is 23.1 Å². The van der Waals surface area contributed by atoms with Crippen LogP contribution in [0, 0.1) is 0 Å². The first-order valence-electron chi connectivity index (χ1n) is 7.03. The highest BCUT2D eigenvalue weighted by Crippen LogP contribution is 2.30. The highest BCUT2D eigenvalue weighted by Gasteiger charge is 2.31. The summed E-state index contributed by atoms with van der Waals surface area (Å²) in [4.78, 5) is 29.3. The third-order valence-electron chi connectivity index (χ3n) is 4.07. The van der Waals surface area contributed by atoms with E-state index in [0.29, 0.717) is 26.2 Å². The topological polar surface area (TPSA) is 76.6 Å². The Morgan fingerprint density at radius 3 is 2.68 bits per heavy atom. The highest BCUT2D eigenvalue weighted by molar-refractivity contribution is 9.10. The summed E-state index contributed by atoms with van der Waals surface area (Å²) in [6, 6.07) is 5.05. The van der Waals surface area contributed by atoms with Gasteiger partial charge in [0.2, 0.25) is 6.41 Å². The maximum Gasteiger partial charge on any atom is 0.325 e. The third-order valence-corrected chi connectivity index (χ3v) is 4.56. The molecule has 2 aromatic rings. The number of aliphatic carboxylic acids is 1. The molecule has 0 spiro atoms. The molecular weight excluding hydrogens is 350 g/mol. The molecule has 7 heteroatoms. The van der Waals surface area contributed by atoms with E-state index in [1.54, 1.807) is 11.1 Å². The lowest BCUT2D eigenvalue weighted by Crippen LogP contribution is -2.48. The van der Waals surface area contributed by atoms with Gasteiger partial charge in [0.25, 0.3) is 0 Å². The first kappa shape index (κ1) is 15.1. The van der Waals surface area contributed by atoms with E-state index in [4.69, 9.17) is 0 Å². The summed E-state index contributed by atoms with van der Waals surface area (Å²) >= 11 is 3.41. The summed E-state index contributed by atoms with van der Waals surface area (Å²) < 4.78 is 0.944. The van der Waals surface area contributed by atoms with E-state index in [9.17, 15) is 14.7 Å². The average molecular weight is 366 g/mol. The van der Waals surface area contributed by atoms with Crippen molar-refractivity contribution in [1.29, 1.82) is 0 Å². The van der Waals surface area contributed by atoms with Gasteiger partial charge in [0.15, 0.2) is 0 Å². The molecule has 22 heavy (non-hydrogen) atoms. The monoisotopic (exact) mass is 365 g/mol. The number of piperazine rings is 1. The molecule has 1 aliphatic rings. The number of benzene rings is 1. The minimum absolute atomic E-state index is 0.554. The van der Waals surface area contributed by atoms with E-state index in [-0.39, 0.29) is 0 Å². The number of rotatable bonds is 4. The minimum Gasteiger partial charge on any atom is -0.480 e. The summed E-state index contributed by atoms with van der Waals surface area (Å²) in [5.41, 5.74) is 1.66. The number of carboxylic acid groups (broad SMARTS) is 1. The molecule has 0 bridgehead atoms. The zero-order chi connectivity index (χ0) is 15.7. The fourth-order valence-corrected chi connectivity index (χ4v) is 3.30. The number of hydrogen-bond acceptors (Lipinski definition) is 3. The van der Waals surface area contributed by atoms with Gasteiger partial charge in [0.05, 0.1) is 0 Å². The zero-order valence-corrected chi connectivity index (χ0v) is 13.4. The first-order valence-corrected chi connectivity index (χ1v) is 7.82. The standard InChI is InChI=1S/C15H16BrN3O3/c16-10-1-2-11-12(8-17-13(11)7-10)14(15(21)22)19-5-3-18(9-20)4-6-19/h1-2,7-9,14,17H,3-6H2,(H,21,22)/t14-/m1/s1. The number of nitrogens with one attached hydrogen (secondary N) is 1. The number of amides is 1. The van der Waals surface area contributed by atoms with E-state index in [1.165, 1.54) is 0 Å². The molecule has 0 saturated carbocycles. The Morgan fingerprint density at radius 1 is 1.32 bits per heavy atom. The molecule has 1 atom stereocenters. The van der Waals surface area contributed by atoms with E-state index < -0.39 is 12.0 Å². The minimum atomic E-state index is -0.872. The van der Waals surface area contributed by atoms with Crippen molar-refractivity contribution in [2.45, 2.75) is 6.04 Å². The lowest BCUT2D eigenvalue weighted by atomic mass is 10.0. The number of nitrogens with zero attached hydrogens (tertiary/aromatic N) is 2. The quantitative estimate of drug-likeness (QED) is 0.810. The summed E-state index contributed by atoms with van der Waals surface area (Å²) in [6.45, 7) is 2.22. The van der Waals surface area contributed by atoms with E-state index in [0.717, 1.165) is 27.3 Å². The second kappa shape index (κ2) is 6.10. The van der Waals surface area contributed by atoms with Gasteiger partial charge in [-0.1, -0.05) is 22.0 Å². The number of halogens is 1. The number of aromatic amines is 1. The summed E-state index contributed by atoms with van der Waals surface area (Å²) in [5.74, 6) is -0.872. The van der Waals surface area contributed by atoms with Crippen molar-refractivity contribution in [3.8, 4) is 0 Å². The Hall–Kier alpha value is -1.86. The Kier molecular flexibility index (Phi) is 4.17. The van der Waals surface area contributed by atoms with Gasteiger partial charge in [-0.05, 0) is 12.1 Å². The molecule has 6 nitrogen and oxygen atoms in total. The Labute approximate surface area is 135 Å². The summed E-state index contributed by atoms with van der Waals surface area (Å²) in [6.07, 6.45) is 2.58. The molecule has 1 amide bonds. The van der Waals surface area contributed by atoms with Crippen molar-refractivity contribution in [3.05, 3.63) is 34.4 Å². The number of hydrogen-bond donors (Lipinski definition) is 2. The fourth-order valence-electron chi connectivity index (χ4n) is 2.93. The fraction of sp³-hybridized carbons (Fsp3) is 0.333. The summed E-state index contributed by atoms with van der Waals surface area (Å²) in [7, 11) is 0. The molecule has 0 aliphatic carbocycles. The van der Waals surface area contributed by atoms with Crippen molar-refractivity contribution >= 4 is 39.2 Å². The van der Waals surface area contributed by atoms with Gasteiger partial charge in [-0.2, -0.15) is 0 Å². The molecule has 2 N–H and O–H groups in total. The number of carbonyl (C=O) groups is 2. The molecule has 1 fully saturated rings. The number of H-pyrrole nitrogens is 1. The molecule has 0 unspecified atom stereocenters. The van der Waals surface area contributed by atoms with Gasteiger partial charge >= 0.3 is 5.97 Å². The highest BCUT2D eigenvalue weighted by atomic mass is 79.9. The molecule has 1 aliphatic heterocycles. The van der Waals surface area contributed by atoms with Crippen LogP contribution in [0.15, 0.2) is 28.9 Å². The molecule has 0 radical (unpaired) electrons. The number of aromatic nitrogens is 1. The largest absolute Gasteiger partial charge is 0.480 e. The van der Waals surface area contributed by atoms with Crippen molar-refractivity contribution < 1.29 is 14.7 Å². The van der Waals surface area contributed by atoms with Crippen LogP contribution < -0.4 is 0 Å². The second-order valence-electron chi connectivity index (χ2n) is 5.35. The molecule has 2 heterocycles. The molecule has 116 valence electrons. The van der Waals surface area contributed by atoms with Crippen molar-refractivity contribution in [1.82, 2.24) is 14.8 Å². The summed E-state index contributed by atoms with van der Waals surface area (Å²) in [5, 5.41) is 10.6. The lowest BCUT2D eigenvalue weighted by molar-refractivity contribution is -0.144. The normalized spacial score (nSPS) is 17.6. The maximum atomic E-state index is 11.8. The SMILES string of the molecule is O=CN1CCN([C@@H](C(=O)O)c2c[nH]c3cc(Br)ccc23)CC1. The number of carbonyl (C=O) groups excluding carboxylic acids is 1. The van der Waals surface area contributed by atoms with Crippen LogP contribution in [-0.2, 0) is 9.59 Å². The van der Waals surface area contributed by atoms with Crippen molar-refractivity contribution in [2.24, 2.45) is 0 Å².